The Balaban J connectivity index is 2.15. The van der Waals surface area contributed by atoms with Gasteiger partial charge in [0.05, 0.1) is 13.3 Å². The number of aromatic nitrogens is 2. The van der Waals surface area contributed by atoms with E-state index in [-0.39, 0.29) is 0 Å². The molecule has 0 atom stereocenters. The first-order valence-corrected chi connectivity index (χ1v) is 6.32. The van der Waals surface area contributed by atoms with Gasteiger partial charge in [0.1, 0.15) is 11.6 Å². The van der Waals surface area contributed by atoms with Gasteiger partial charge in [0.25, 0.3) is 0 Å². The van der Waals surface area contributed by atoms with E-state index in [2.05, 4.69) is 28.4 Å². The van der Waals surface area contributed by atoms with Crippen LogP contribution in [0.2, 0.25) is 0 Å². The first kappa shape index (κ1) is 12.3. The van der Waals surface area contributed by atoms with Crippen molar-refractivity contribution in [3.05, 3.63) is 54.7 Å². The van der Waals surface area contributed by atoms with E-state index in [1.165, 1.54) is 0 Å². The monoisotopic (exact) mass is 265 g/mol. The van der Waals surface area contributed by atoms with Gasteiger partial charge in [0.15, 0.2) is 0 Å². The summed E-state index contributed by atoms with van der Waals surface area (Å²) in [5.74, 6) is 1.40. The standard InChI is InChI=1S/C16H15N3O/c1-20-15-8-7-12(14-10-18-19-16(14)17)9-13(15)11-5-3-2-4-6-11/h2-10H,1H3,(H3,17,18,19). The maximum absolute atomic E-state index is 5.88. The second kappa shape index (κ2) is 5.09. The second-order valence-corrected chi connectivity index (χ2v) is 4.48. The summed E-state index contributed by atoms with van der Waals surface area (Å²) in [6, 6.07) is 16.1. The van der Waals surface area contributed by atoms with E-state index < -0.39 is 0 Å². The molecule has 0 unspecified atom stereocenters. The fraction of sp³-hybridized carbons (Fsp3) is 0.0625. The van der Waals surface area contributed by atoms with Crippen LogP contribution in [-0.2, 0) is 0 Å². The molecule has 0 aliphatic rings. The molecule has 0 spiro atoms. The van der Waals surface area contributed by atoms with Gasteiger partial charge in [-0.25, -0.2) is 0 Å². The highest BCUT2D eigenvalue weighted by molar-refractivity contribution is 5.81. The van der Waals surface area contributed by atoms with Crippen molar-refractivity contribution in [1.29, 1.82) is 0 Å². The molecule has 1 aromatic heterocycles. The van der Waals surface area contributed by atoms with Gasteiger partial charge in [0.2, 0.25) is 0 Å². The van der Waals surface area contributed by atoms with E-state index >= 15 is 0 Å². The van der Waals surface area contributed by atoms with Crippen LogP contribution in [0, 0.1) is 0 Å². The van der Waals surface area contributed by atoms with Gasteiger partial charge in [-0.15, -0.1) is 0 Å². The van der Waals surface area contributed by atoms with E-state index in [1.54, 1.807) is 13.3 Å². The Hall–Kier alpha value is -2.75. The van der Waals surface area contributed by atoms with Crippen LogP contribution in [-0.4, -0.2) is 17.3 Å². The zero-order valence-electron chi connectivity index (χ0n) is 11.1. The molecule has 1 heterocycles. The van der Waals surface area contributed by atoms with Crippen LogP contribution < -0.4 is 10.5 Å². The summed E-state index contributed by atoms with van der Waals surface area (Å²) in [4.78, 5) is 0. The summed E-state index contributed by atoms with van der Waals surface area (Å²) in [6.07, 6.45) is 1.73. The maximum Gasteiger partial charge on any atom is 0.126 e. The van der Waals surface area contributed by atoms with Crippen LogP contribution in [0.5, 0.6) is 5.75 Å². The Labute approximate surface area is 117 Å². The van der Waals surface area contributed by atoms with E-state index in [0.717, 1.165) is 28.0 Å². The van der Waals surface area contributed by atoms with Crippen molar-refractivity contribution >= 4 is 5.82 Å². The van der Waals surface area contributed by atoms with Crippen LogP contribution in [0.4, 0.5) is 5.82 Å². The Morgan fingerprint density at radius 3 is 2.45 bits per heavy atom. The molecule has 100 valence electrons. The molecule has 4 heteroatoms. The number of benzene rings is 2. The van der Waals surface area contributed by atoms with E-state index in [9.17, 15) is 0 Å². The fourth-order valence-electron chi connectivity index (χ4n) is 2.24. The topological polar surface area (TPSA) is 63.9 Å². The number of nitrogen functional groups attached to an aromatic ring is 1. The minimum absolute atomic E-state index is 0.564. The normalized spacial score (nSPS) is 10.4. The second-order valence-electron chi connectivity index (χ2n) is 4.48. The average Bonchev–Trinajstić information content (AvgIpc) is 2.93. The van der Waals surface area contributed by atoms with Crippen molar-refractivity contribution in [3.63, 3.8) is 0 Å². The number of hydrogen-bond acceptors (Lipinski definition) is 3. The number of hydrogen-bond donors (Lipinski definition) is 2. The van der Waals surface area contributed by atoms with E-state index in [1.807, 2.05) is 30.3 Å². The molecule has 0 bridgehead atoms. The molecule has 0 saturated heterocycles. The third-order valence-corrected chi connectivity index (χ3v) is 3.26. The molecule has 0 aliphatic heterocycles. The molecule has 4 nitrogen and oxygen atoms in total. The Kier molecular flexibility index (Phi) is 3.13. The van der Waals surface area contributed by atoms with Crippen molar-refractivity contribution in [3.8, 4) is 28.0 Å². The number of nitrogens with two attached hydrogens (primary N) is 1. The molecule has 2 aromatic carbocycles. The molecule has 3 N–H and O–H groups in total. The Morgan fingerprint density at radius 2 is 1.80 bits per heavy atom. The van der Waals surface area contributed by atoms with Gasteiger partial charge in [-0.2, -0.15) is 5.10 Å². The number of methoxy groups -OCH3 is 1. The number of anilines is 1. The largest absolute Gasteiger partial charge is 0.496 e. The van der Waals surface area contributed by atoms with Gasteiger partial charge in [0, 0.05) is 11.1 Å². The van der Waals surface area contributed by atoms with Crippen molar-refractivity contribution in [2.24, 2.45) is 0 Å². The summed E-state index contributed by atoms with van der Waals surface area (Å²) >= 11 is 0. The molecule has 0 amide bonds. The van der Waals surface area contributed by atoms with Crippen molar-refractivity contribution in [2.45, 2.75) is 0 Å². The van der Waals surface area contributed by atoms with Gasteiger partial charge in [-0.05, 0) is 23.3 Å². The first-order valence-electron chi connectivity index (χ1n) is 6.32. The van der Waals surface area contributed by atoms with Gasteiger partial charge in [-0.1, -0.05) is 36.4 Å². The summed E-state index contributed by atoms with van der Waals surface area (Å²) < 4.78 is 5.45. The zero-order chi connectivity index (χ0) is 13.9. The molecular weight excluding hydrogens is 250 g/mol. The third kappa shape index (κ3) is 2.12. The summed E-state index contributed by atoms with van der Waals surface area (Å²) in [5, 5.41) is 6.71. The minimum Gasteiger partial charge on any atom is -0.496 e. The zero-order valence-corrected chi connectivity index (χ0v) is 11.1. The minimum atomic E-state index is 0.564. The predicted molar refractivity (Wildman–Crippen MR) is 80.4 cm³/mol. The number of nitrogens with zero attached hydrogens (tertiary/aromatic N) is 1. The molecule has 20 heavy (non-hydrogen) atoms. The Bertz CT molecular complexity index is 720. The van der Waals surface area contributed by atoms with Crippen LogP contribution in [0.25, 0.3) is 22.3 Å². The molecule has 3 aromatic rings. The number of ether oxygens (including phenoxy) is 1. The summed E-state index contributed by atoms with van der Waals surface area (Å²) in [6.45, 7) is 0. The quantitative estimate of drug-likeness (QED) is 0.763. The highest BCUT2D eigenvalue weighted by Gasteiger charge is 2.10. The van der Waals surface area contributed by atoms with Gasteiger partial charge >= 0.3 is 0 Å². The lowest BCUT2D eigenvalue weighted by molar-refractivity contribution is 0.416. The molecule has 0 saturated carbocycles. The molecule has 3 rings (SSSR count). The van der Waals surface area contributed by atoms with Crippen LogP contribution >= 0.6 is 0 Å². The number of aromatic amines is 1. The van der Waals surface area contributed by atoms with Crippen LogP contribution in [0.3, 0.4) is 0 Å². The van der Waals surface area contributed by atoms with Crippen molar-refractivity contribution < 1.29 is 4.74 Å². The van der Waals surface area contributed by atoms with E-state index in [4.69, 9.17) is 10.5 Å². The molecular formula is C16H15N3O. The predicted octanol–water partition coefficient (Wildman–Crippen LogP) is 3.33. The van der Waals surface area contributed by atoms with Crippen LogP contribution in [0.1, 0.15) is 0 Å². The third-order valence-electron chi connectivity index (χ3n) is 3.26. The molecule has 0 fully saturated rings. The molecule has 0 radical (unpaired) electrons. The van der Waals surface area contributed by atoms with Gasteiger partial charge < -0.3 is 10.5 Å². The lowest BCUT2D eigenvalue weighted by Gasteiger charge is -2.11. The number of nitrogens with one attached hydrogen (secondary N) is 1. The average molecular weight is 265 g/mol. The Morgan fingerprint density at radius 1 is 1.00 bits per heavy atom. The molecule has 0 aliphatic carbocycles. The fourth-order valence-corrected chi connectivity index (χ4v) is 2.24. The van der Waals surface area contributed by atoms with Crippen molar-refractivity contribution in [1.82, 2.24) is 10.2 Å². The van der Waals surface area contributed by atoms with E-state index in [0.29, 0.717) is 5.82 Å². The highest BCUT2D eigenvalue weighted by Crippen LogP contribution is 2.35. The smallest absolute Gasteiger partial charge is 0.126 e. The number of H-pyrrole nitrogens is 1. The van der Waals surface area contributed by atoms with Gasteiger partial charge in [-0.3, -0.25) is 5.10 Å². The summed E-state index contributed by atoms with van der Waals surface area (Å²) in [7, 11) is 1.67. The van der Waals surface area contributed by atoms with Crippen molar-refractivity contribution in [2.75, 3.05) is 12.8 Å². The lowest BCUT2D eigenvalue weighted by atomic mass is 9.99. The highest BCUT2D eigenvalue weighted by atomic mass is 16.5. The maximum atomic E-state index is 5.88. The lowest BCUT2D eigenvalue weighted by Crippen LogP contribution is -1.91. The SMILES string of the molecule is COc1ccc(-c2cn[nH]c2N)cc1-c1ccccc1. The van der Waals surface area contributed by atoms with Crippen LogP contribution in [0.15, 0.2) is 54.7 Å². The summed E-state index contributed by atoms with van der Waals surface area (Å²) in [5.41, 5.74) is 9.92. The number of rotatable bonds is 3. The first-order chi connectivity index (χ1) is 9.79.